The van der Waals surface area contributed by atoms with Crippen LogP contribution < -0.4 is 15.0 Å². The fourth-order valence-electron chi connectivity index (χ4n) is 2.39. The van der Waals surface area contributed by atoms with E-state index in [0.29, 0.717) is 21.5 Å². The number of aromatic nitrogens is 1. The van der Waals surface area contributed by atoms with Crippen molar-refractivity contribution in [3.63, 3.8) is 0 Å². The van der Waals surface area contributed by atoms with Crippen molar-refractivity contribution in [3.05, 3.63) is 63.6 Å². The van der Waals surface area contributed by atoms with Crippen molar-refractivity contribution in [1.29, 1.82) is 0 Å². The average molecular weight is 450 g/mol. The van der Waals surface area contributed by atoms with Crippen molar-refractivity contribution in [2.75, 3.05) is 20.8 Å². The number of hydrogen-bond donors (Lipinski definition) is 0. The SMILES string of the molecule is COC(=O)COc1cccc(C(Br)=CC(=O)c2c(OC)cc(C)n(C)c2=O)c1. The molecule has 2 rings (SSSR count). The Bertz CT molecular complexity index is 993. The Balaban J connectivity index is 2.34. The summed E-state index contributed by atoms with van der Waals surface area (Å²) in [6.07, 6.45) is 1.30. The van der Waals surface area contributed by atoms with Gasteiger partial charge in [0.05, 0.1) is 14.2 Å². The number of carbonyl (C=O) groups is 2. The van der Waals surface area contributed by atoms with Crippen LogP contribution in [0.4, 0.5) is 0 Å². The number of esters is 1. The number of carbonyl (C=O) groups excluding carboxylic acids is 2. The van der Waals surface area contributed by atoms with E-state index in [1.54, 1.807) is 44.3 Å². The predicted molar refractivity (Wildman–Crippen MR) is 108 cm³/mol. The molecule has 0 amide bonds. The van der Waals surface area contributed by atoms with E-state index in [1.807, 2.05) is 0 Å². The number of benzene rings is 1. The molecule has 0 bridgehead atoms. The van der Waals surface area contributed by atoms with Crippen LogP contribution in [0.5, 0.6) is 11.5 Å². The highest BCUT2D eigenvalue weighted by atomic mass is 79.9. The van der Waals surface area contributed by atoms with E-state index in [0.717, 1.165) is 0 Å². The van der Waals surface area contributed by atoms with E-state index in [4.69, 9.17) is 9.47 Å². The van der Waals surface area contributed by atoms with Crippen LogP contribution in [-0.4, -0.2) is 37.1 Å². The highest BCUT2D eigenvalue weighted by Crippen LogP contribution is 2.26. The molecule has 7 nitrogen and oxygen atoms in total. The molecule has 2 aromatic rings. The minimum Gasteiger partial charge on any atom is -0.496 e. The third kappa shape index (κ3) is 4.89. The molecule has 0 unspecified atom stereocenters. The van der Waals surface area contributed by atoms with Gasteiger partial charge in [-0.25, -0.2) is 4.79 Å². The summed E-state index contributed by atoms with van der Waals surface area (Å²) in [4.78, 5) is 36.4. The Morgan fingerprint density at radius 1 is 1.21 bits per heavy atom. The average Bonchev–Trinajstić information content (AvgIpc) is 2.69. The molecule has 8 heteroatoms. The lowest BCUT2D eigenvalue weighted by atomic mass is 10.1. The Morgan fingerprint density at radius 2 is 1.93 bits per heavy atom. The molecule has 0 N–H and O–H groups in total. The molecular formula is C20H20BrNO6. The number of hydrogen-bond acceptors (Lipinski definition) is 6. The fourth-order valence-corrected chi connectivity index (χ4v) is 2.84. The van der Waals surface area contributed by atoms with E-state index in [9.17, 15) is 14.4 Å². The summed E-state index contributed by atoms with van der Waals surface area (Å²) in [5, 5.41) is 0. The van der Waals surface area contributed by atoms with Gasteiger partial charge in [-0.15, -0.1) is 0 Å². The zero-order valence-electron chi connectivity index (χ0n) is 15.9. The van der Waals surface area contributed by atoms with E-state index < -0.39 is 17.3 Å². The van der Waals surface area contributed by atoms with Crippen LogP contribution in [-0.2, 0) is 16.6 Å². The third-order valence-corrected chi connectivity index (χ3v) is 4.74. The monoisotopic (exact) mass is 449 g/mol. The molecule has 0 spiro atoms. The van der Waals surface area contributed by atoms with Crippen molar-refractivity contribution in [3.8, 4) is 11.5 Å². The van der Waals surface area contributed by atoms with Gasteiger partial charge in [-0.05, 0) is 24.6 Å². The molecule has 1 aromatic carbocycles. The van der Waals surface area contributed by atoms with Gasteiger partial charge in [-0.3, -0.25) is 9.59 Å². The van der Waals surface area contributed by atoms with Gasteiger partial charge in [0.2, 0.25) is 0 Å². The van der Waals surface area contributed by atoms with Gasteiger partial charge >= 0.3 is 5.97 Å². The Morgan fingerprint density at radius 3 is 2.57 bits per heavy atom. The van der Waals surface area contributed by atoms with Gasteiger partial charge in [0.1, 0.15) is 17.1 Å². The normalized spacial score (nSPS) is 11.1. The van der Waals surface area contributed by atoms with Crippen molar-refractivity contribution in [1.82, 2.24) is 4.57 Å². The first kappa shape index (κ1) is 21.4. The first-order chi connectivity index (χ1) is 13.3. The molecule has 0 aliphatic heterocycles. The minimum atomic E-state index is -0.502. The van der Waals surface area contributed by atoms with Gasteiger partial charge in [-0.1, -0.05) is 28.1 Å². The van der Waals surface area contributed by atoms with Crippen LogP contribution in [0, 0.1) is 6.92 Å². The van der Waals surface area contributed by atoms with E-state index >= 15 is 0 Å². The molecule has 0 atom stereocenters. The lowest BCUT2D eigenvalue weighted by Gasteiger charge is -2.11. The molecule has 28 heavy (non-hydrogen) atoms. The van der Waals surface area contributed by atoms with Gasteiger partial charge in [0, 0.05) is 29.4 Å². The van der Waals surface area contributed by atoms with Crippen molar-refractivity contribution < 1.29 is 23.8 Å². The largest absolute Gasteiger partial charge is 0.496 e. The molecular weight excluding hydrogens is 430 g/mol. The maximum Gasteiger partial charge on any atom is 0.343 e. The molecule has 0 fully saturated rings. The fraction of sp³-hybridized carbons (Fsp3) is 0.250. The maximum atomic E-state index is 12.7. The number of rotatable bonds is 7. The number of halogens is 1. The van der Waals surface area contributed by atoms with Gasteiger partial charge < -0.3 is 18.8 Å². The second kappa shape index (κ2) is 9.36. The topological polar surface area (TPSA) is 83.8 Å². The first-order valence-electron chi connectivity index (χ1n) is 8.24. The highest BCUT2D eigenvalue weighted by Gasteiger charge is 2.18. The number of ketones is 1. The smallest absolute Gasteiger partial charge is 0.343 e. The van der Waals surface area contributed by atoms with Crippen LogP contribution in [0.15, 0.2) is 41.2 Å². The Labute approximate surface area is 170 Å². The summed E-state index contributed by atoms with van der Waals surface area (Å²) >= 11 is 3.36. The summed E-state index contributed by atoms with van der Waals surface area (Å²) in [5.41, 5.74) is 0.828. The molecule has 1 aromatic heterocycles. The Kier molecular flexibility index (Phi) is 7.17. The predicted octanol–water partition coefficient (Wildman–Crippen LogP) is 2.87. The van der Waals surface area contributed by atoms with Crippen LogP contribution in [0.2, 0.25) is 0 Å². The van der Waals surface area contributed by atoms with Crippen LogP contribution >= 0.6 is 15.9 Å². The quantitative estimate of drug-likeness (QED) is 0.367. The summed E-state index contributed by atoms with van der Waals surface area (Å²) < 4.78 is 16.9. The molecule has 1 heterocycles. The summed E-state index contributed by atoms with van der Waals surface area (Å²) in [6, 6.07) is 8.43. The van der Waals surface area contributed by atoms with Gasteiger partial charge in [-0.2, -0.15) is 0 Å². The van der Waals surface area contributed by atoms with Crippen molar-refractivity contribution >= 4 is 32.2 Å². The number of ether oxygens (including phenoxy) is 3. The van der Waals surface area contributed by atoms with Crippen molar-refractivity contribution in [2.45, 2.75) is 6.92 Å². The third-order valence-electron chi connectivity index (χ3n) is 4.05. The summed E-state index contributed by atoms with van der Waals surface area (Å²) in [6.45, 7) is 1.53. The summed E-state index contributed by atoms with van der Waals surface area (Å²) in [7, 11) is 4.28. The van der Waals surface area contributed by atoms with Crippen LogP contribution in [0.1, 0.15) is 21.6 Å². The zero-order chi connectivity index (χ0) is 20.8. The lowest BCUT2D eigenvalue weighted by molar-refractivity contribution is -0.142. The highest BCUT2D eigenvalue weighted by molar-refractivity contribution is 9.15. The maximum absolute atomic E-state index is 12.7. The number of aryl methyl sites for hydroxylation is 1. The molecule has 0 aliphatic rings. The standard InChI is InChI=1S/C20H20BrNO6/c1-12-8-17(26-3)19(20(25)22(12)2)16(23)10-15(21)13-6-5-7-14(9-13)28-11-18(24)27-4/h5-10H,11H2,1-4H3. The second-order valence-corrected chi connectivity index (χ2v) is 6.70. The molecule has 0 saturated heterocycles. The first-order valence-corrected chi connectivity index (χ1v) is 9.04. The minimum absolute atomic E-state index is 0.0503. The molecule has 0 saturated carbocycles. The number of methoxy groups -OCH3 is 2. The van der Waals surface area contributed by atoms with Gasteiger partial charge in [0.15, 0.2) is 12.4 Å². The Hall–Kier alpha value is -2.87. The molecule has 0 radical (unpaired) electrons. The van der Waals surface area contributed by atoms with Gasteiger partial charge in [0.25, 0.3) is 5.56 Å². The zero-order valence-corrected chi connectivity index (χ0v) is 17.5. The summed E-state index contributed by atoms with van der Waals surface area (Å²) in [5.74, 6) is -0.343. The van der Waals surface area contributed by atoms with Crippen LogP contribution in [0.25, 0.3) is 4.48 Å². The number of pyridine rings is 1. The second-order valence-electron chi connectivity index (χ2n) is 5.84. The molecule has 148 valence electrons. The van der Waals surface area contributed by atoms with Crippen LogP contribution in [0.3, 0.4) is 0 Å². The van der Waals surface area contributed by atoms with E-state index in [1.165, 1.54) is 24.9 Å². The van der Waals surface area contributed by atoms with E-state index in [-0.39, 0.29) is 17.9 Å². The lowest BCUT2D eigenvalue weighted by Crippen LogP contribution is -2.26. The number of nitrogens with zero attached hydrogens (tertiary/aromatic N) is 1. The van der Waals surface area contributed by atoms with E-state index in [2.05, 4.69) is 20.7 Å². The number of allylic oxidation sites excluding steroid dienone is 1. The molecule has 0 aliphatic carbocycles. The van der Waals surface area contributed by atoms with Crippen molar-refractivity contribution in [2.24, 2.45) is 7.05 Å².